The topological polar surface area (TPSA) is 78.4 Å². The van der Waals surface area contributed by atoms with Crippen LogP contribution < -0.4 is 10.6 Å². The van der Waals surface area contributed by atoms with Gasteiger partial charge in [0, 0.05) is 10.5 Å². The van der Waals surface area contributed by atoms with Crippen molar-refractivity contribution in [3.63, 3.8) is 0 Å². The fourth-order valence-electron chi connectivity index (χ4n) is 1.78. The number of hydrogen-bond donors (Lipinski definition) is 3. The van der Waals surface area contributed by atoms with Crippen LogP contribution in [0, 0.1) is 5.82 Å². The summed E-state index contributed by atoms with van der Waals surface area (Å²) in [5.74, 6) is -1.53. The molecule has 0 aliphatic rings. The molecule has 1 aromatic carbocycles. The summed E-state index contributed by atoms with van der Waals surface area (Å²) in [7, 11) is 0. The lowest BCUT2D eigenvalue weighted by atomic mass is 10.1. The normalized spacial score (nSPS) is 11.8. The largest absolute Gasteiger partial charge is 0.481 e. The molecular weight excluding hydrogens is 367 g/mol. The van der Waals surface area contributed by atoms with E-state index in [0.29, 0.717) is 10.9 Å². The first-order valence-electron chi connectivity index (χ1n) is 6.27. The monoisotopic (exact) mass is 380 g/mol. The first kappa shape index (κ1) is 17.7. The van der Waals surface area contributed by atoms with E-state index < -0.39 is 23.9 Å². The minimum atomic E-state index is -0.991. The fourth-order valence-corrected chi connectivity index (χ4v) is 2.68. The third-order valence-corrected chi connectivity index (χ3v) is 3.56. The molecule has 0 aliphatic carbocycles. The zero-order valence-electron chi connectivity index (χ0n) is 11.3. The van der Waals surface area contributed by atoms with E-state index in [1.165, 1.54) is 6.07 Å². The Hall–Kier alpha value is -1.34. The summed E-state index contributed by atoms with van der Waals surface area (Å²) in [6.45, 7) is 1.89. The minimum absolute atomic E-state index is 0.0438. The number of hydrogen-bond acceptors (Lipinski definition) is 2. The van der Waals surface area contributed by atoms with Gasteiger partial charge in [-0.3, -0.25) is 4.79 Å². The maximum atomic E-state index is 13.1. The summed E-state index contributed by atoms with van der Waals surface area (Å²) in [6, 6.07) is 1.17. The van der Waals surface area contributed by atoms with E-state index in [0.717, 1.165) is 12.5 Å². The average Bonchev–Trinajstić information content (AvgIpc) is 2.33. The van der Waals surface area contributed by atoms with Crippen molar-refractivity contribution in [2.24, 2.45) is 0 Å². The summed E-state index contributed by atoms with van der Waals surface area (Å²) in [5, 5.41) is 13.9. The quantitative estimate of drug-likeness (QED) is 0.697. The molecule has 1 atom stereocenters. The molecule has 2 amide bonds. The third kappa shape index (κ3) is 5.89. The van der Waals surface area contributed by atoms with E-state index >= 15 is 0 Å². The molecule has 0 saturated heterocycles. The van der Waals surface area contributed by atoms with E-state index in [1.54, 1.807) is 0 Å². The smallest absolute Gasteiger partial charge is 0.319 e. The Balaban J connectivity index is 2.74. The second-order valence-corrected chi connectivity index (χ2v) is 5.69. The highest BCUT2D eigenvalue weighted by atomic mass is 79.9. The number of benzene rings is 1. The van der Waals surface area contributed by atoms with Crippen LogP contribution in [-0.4, -0.2) is 23.1 Å². The first-order chi connectivity index (χ1) is 9.83. The molecule has 0 radical (unpaired) electrons. The average molecular weight is 382 g/mol. The molecule has 1 unspecified atom stereocenters. The van der Waals surface area contributed by atoms with Crippen molar-refractivity contribution in [2.45, 2.75) is 32.2 Å². The summed E-state index contributed by atoms with van der Waals surface area (Å²) in [4.78, 5) is 22.6. The highest BCUT2D eigenvalue weighted by Crippen LogP contribution is 2.31. The van der Waals surface area contributed by atoms with Crippen LogP contribution >= 0.6 is 27.5 Å². The number of rotatable bonds is 6. The third-order valence-electron chi connectivity index (χ3n) is 2.64. The molecule has 5 nitrogen and oxygen atoms in total. The van der Waals surface area contributed by atoms with Gasteiger partial charge in [0.1, 0.15) is 5.82 Å². The Morgan fingerprint density at radius 3 is 2.67 bits per heavy atom. The van der Waals surface area contributed by atoms with Crippen LogP contribution in [0.4, 0.5) is 14.9 Å². The van der Waals surface area contributed by atoms with Gasteiger partial charge in [-0.25, -0.2) is 9.18 Å². The Morgan fingerprint density at radius 2 is 2.14 bits per heavy atom. The number of carboxylic acids is 1. The van der Waals surface area contributed by atoms with Crippen LogP contribution in [0.3, 0.4) is 0 Å². The lowest BCUT2D eigenvalue weighted by Crippen LogP contribution is -2.39. The maximum absolute atomic E-state index is 13.1. The maximum Gasteiger partial charge on any atom is 0.319 e. The van der Waals surface area contributed by atoms with Gasteiger partial charge < -0.3 is 15.7 Å². The summed E-state index contributed by atoms with van der Waals surface area (Å²) in [5.41, 5.74) is 0.223. The van der Waals surface area contributed by atoms with Crippen molar-refractivity contribution >= 4 is 45.2 Å². The van der Waals surface area contributed by atoms with E-state index in [-0.39, 0.29) is 17.1 Å². The molecular formula is C13H15BrClFN2O3. The van der Waals surface area contributed by atoms with Gasteiger partial charge in [0.15, 0.2) is 0 Å². The Bertz CT molecular complexity index is 519. The van der Waals surface area contributed by atoms with Gasteiger partial charge in [0.25, 0.3) is 0 Å². The Morgan fingerprint density at radius 1 is 1.48 bits per heavy atom. The van der Waals surface area contributed by atoms with E-state index in [4.69, 9.17) is 16.7 Å². The molecule has 0 bridgehead atoms. The molecule has 116 valence electrons. The van der Waals surface area contributed by atoms with Gasteiger partial charge >= 0.3 is 12.0 Å². The molecule has 0 aromatic heterocycles. The van der Waals surface area contributed by atoms with Crippen molar-refractivity contribution < 1.29 is 19.1 Å². The van der Waals surface area contributed by atoms with Crippen LogP contribution in [0.1, 0.15) is 26.2 Å². The molecule has 1 rings (SSSR count). The number of nitrogens with one attached hydrogen (secondary N) is 2. The Kier molecular flexibility index (Phi) is 6.91. The van der Waals surface area contributed by atoms with Gasteiger partial charge in [-0.15, -0.1) is 0 Å². The minimum Gasteiger partial charge on any atom is -0.481 e. The summed E-state index contributed by atoms with van der Waals surface area (Å²) < 4.78 is 13.4. The summed E-state index contributed by atoms with van der Waals surface area (Å²) in [6.07, 6.45) is 1.11. The van der Waals surface area contributed by atoms with Crippen LogP contribution in [0.25, 0.3) is 0 Å². The van der Waals surface area contributed by atoms with Gasteiger partial charge in [0.2, 0.25) is 0 Å². The number of amides is 2. The molecule has 1 aromatic rings. The molecule has 3 N–H and O–H groups in total. The van der Waals surface area contributed by atoms with Crippen LogP contribution in [0.5, 0.6) is 0 Å². The van der Waals surface area contributed by atoms with Crippen molar-refractivity contribution in [1.29, 1.82) is 0 Å². The predicted molar refractivity (Wildman–Crippen MR) is 82.2 cm³/mol. The second-order valence-electron chi connectivity index (χ2n) is 4.43. The zero-order valence-corrected chi connectivity index (χ0v) is 13.6. The summed E-state index contributed by atoms with van der Waals surface area (Å²) >= 11 is 8.96. The van der Waals surface area contributed by atoms with Gasteiger partial charge in [-0.05, 0) is 34.5 Å². The number of aliphatic carboxylic acids is 1. The van der Waals surface area contributed by atoms with E-state index in [2.05, 4.69) is 26.6 Å². The lowest BCUT2D eigenvalue weighted by Gasteiger charge is -2.17. The first-order valence-corrected chi connectivity index (χ1v) is 7.44. The number of urea groups is 1. The lowest BCUT2D eigenvalue weighted by molar-refractivity contribution is -0.137. The SMILES string of the molecule is CCCC(CC(=O)O)NC(=O)Nc1c(Cl)cc(F)cc1Br. The predicted octanol–water partition coefficient (Wildman–Crippen LogP) is 4.01. The second kappa shape index (κ2) is 8.19. The molecule has 0 spiro atoms. The number of carbonyl (C=O) groups excluding carboxylic acids is 1. The molecule has 0 aliphatic heterocycles. The highest BCUT2D eigenvalue weighted by Gasteiger charge is 2.17. The van der Waals surface area contributed by atoms with E-state index in [9.17, 15) is 14.0 Å². The van der Waals surface area contributed by atoms with Gasteiger partial charge in [-0.1, -0.05) is 24.9 Å². The standard InChI is InChI=1S/C13H15BrClFN2O3/c1-2-3-8(6-11(19)20)17-13(21)18-12-9(14)4-7(16)5-10(12)15/h4-5,8H,2-3,6H2,1H3,(H,19,20)(H2,17,18,21). The zero-order chi connectivity index (χ0) is 16.0. The fraction of sp³-hybridized carbons (Fsp3) is 0.385. The van der Waals surface area contributed by atoms with Crippen LogP contribution in [0.15, 0.2) is 16.6 Å². The molecule has 0 fully saturated rings. The number of carbonyl (C=O) groups is 2. The van der Waals surface area contributed by atoms with Gasteiger partial charge in [-0.2, -0.15) is 0 Å². The highest BCUT2D eigenvalue weighted by molar-refractivity contribution is 9.10. The van der Waals surface area contributed by atoms with Crippen LogP contribution in [0.2, 0.25) is 5.02 Å². The van der Waals surface area contributed by atoms with Gasteiger partial charge in [0.05, 0.1) is 17.1 Å². The number of carboxylic acid groups (broad SMARTS) is 1. The van der Waals surface area contributed by atoms with Crippen molar-refractivity contribution in [3.8, 4) is 0 Å². The van der Waals surface area contributed by atoms with Crippen molar-refractivity contribution in [2.75, 3.05) is 5.32 Å². The van der Waals surface area contributed by atoms with Crippen molar-refractivity contribution in [1.82, 2.24) is 5.32 Å². The molecule has 0 heterocycles. The number of halogens is 3. The van der Waals surface area contributed by atoms with Crippen LogP contribution in [-0.2, 0) is 4.79 Å². The molecule has 8 heteroatoms. The molecule has 21 heavy (non-hydrogen) atoms. The Labute approximate surface area is 135 Å². The molecule has 0 saturated carbocycles. The number of anilines is 1. The van der Waals surface area contributed by atoms with Crippen molar-refractivity contribution in [3.05, 3.63) is 27.4 Å². The van der Waals surface area contributed by atoms with E-state index in [1.807, 2.05) is 6.92 Å².